The van der Waals surface area contributed by atoms with Crippen LogP contribution in [0.5, 0.6) is 5.75 Å². The molecule has 21 heavy (non-hydrogen) atoms. The van der Waals surface area contributed by atoms with Crippen LogP contribution in [0.15, 0.2) is 18.2 Å². The first-order valence-corrected chi connectivity index (χ1v) is 8.17. The third-order valence-electron chi connectivity index (χ3n) is 4.67. The van der Waals surface area contributed by atoms with Crippen molar-refractivity contribution in [3.8, 4) is 5.75 Å². The molecule has 1 atom stereocenters. The van der Waals surface area contributed by atoms with Gasteiger partial charge in [-0.05, 0) is 32.8 Å². The van der Waals surface area contributed by atoms with Gasteiger partial charge in [0.15, 0.2) is 0 Å². The van der Waals surface area contributed by atoms with Gasteiger partial charge in [0.05, 0.1) is 18.8 Å². The van der Waals surface area contributed by atoms with Crippen molar-refractivity contribution in [2.45, 2.75) is 64.0 Å². The Balaban J connectivity index is 2.37. The number of rotatable bonds is 5. The molecule has 3 nitrogen and oxygen atoms in total. The minimum Gasteiger partial charge on any atom is -0.496 e. The lowest BCUT2D eigenvalue weighted by molar-refractivity contribution is -0.0699. The first-order chi connectivity index (χ1) is 10.1. The summed E-state index contributed by atoms with van der Waals surface area (Å²) >= 11 is 0. The molecule has 1 aliphatic carbocycles. The summed E-state index contributed by atoms with van der Waals surface area (Å²) in [5.74, 6) is 0.872. The highest BCUT2D eigenvalue weighted by Gasteiger charge is 2.39. The predicted octanol–water partition coefficient (Wildman–Crippen LogP) is 4.13. The van der Waals surface area contributed by atoms with Gasteiger partial charge in [0.1, 0.15) is 5.75 Å². The molecule has 0 radical (unpaired) electrons. The Morgan fingerprint density at radius 2 is 1.86 bits per heavy atom. The van der Waals surface area contributed by atoms with Crippen LogP contribution in [0.25, 0.3) is 0 Å². The molecule has 1 saturated carbocycles. The van der Waals surface area contributed by atoms with Crippen molar-refractivity contribution in [3.63, 3.8) is 0 Å². The van der Waals surface area contributed by atoms with E-state index in [2.05, 4.69) is 26.0 Å². The molecule has 0 amide bonds. The van der Waals surface area contributed by atoms with E-state index in [0.717, 1.165) is 24.2 Å². The highest BCUT2D eigenvalue weighted by molar-refractivity contribution is 5.40. The van der Waals surface area contributed by atoms with Gasteiger partial charge in [-0.15, -0.1) is 0 Å². The van der Waals surface area contributed by atoms with Crippen LogP contribution >= 0.6 is 0 Å². The highest BCUT2D eigenvalue weighted by Crippen LogP contribution is 2.42. The van der Waals surface area contributed by atoms with E-state index < -0.39 is 0 Å². The molecule has 118 valence electrons. The molecular weight excluding hydrogens is 262 g/mol. The maximum absolute atomic E-state index is 6.70. The van der Waals surface area contributed by atoms with Crippen molar-refractivity contribution in [2.75, 3.05) is 13.7 Å². The molecule has 0 aliphatic heterocycles. The summed E-state index contributed by atoms with van der Waals surface area (Å²) in [6.07, 6.45) is 7.04. The maximum Gasteiger partial charge on any atom is 0.123 e. The first-order valence-electron chi connectivity index (χ1n) is 8.17. The Hall–Kier alpha value is -1.06. The summed E-state index contributed by atoms with van der Waals surface area (Å²) in [5, 5.41) is 0. The zero-order chi connectivity index (χ0) is 15.3. The minimum atomic E-state index is -0.244. The zero-order valence-electron chi connectivity index (χ0n) is 13.7. The number of nitrogens with two attached hydrogens (primary N) is 1. The fraction of sp³-hybridized carbons (Fsp3) is 0.667. The first kappa shape index (κ1) is 16.3. The van der Waals surface area contributed by atoms with E-state index in [1.165, 1.54) is 31.2 Å². The van der Waals surface area contributed by atoms with Gasteiger partial charge in [0, 0.05) is 12.2 Å². The molecule has 0 saturated heterocycles. The Morgan fingerprint density at radius 1 is 1.19 bits per heavy atom. The van der Waals surface area contributed by atoms with Crippen molar-refractivity contribution in [2.24, 2.45) is 5.73 Å². The Labute approximate surface area is 128 Å². The minimum absolute atomic E-state index is 0.134. The van der Waals surface area contributed by atoms with Gasteiger partial charge in [-0.2, -0.15) is 0 Å². The largest absolute Gasteiger partial charge is 0.496 e. The Bertz CT molecular complexity index is 451. The van der Waals surface area contributed by atoms with E-state index in [0.29, 0.717) is 6.61 Å². The summed E-state index contributed by atoms with van der Waals surface area (Å²) < 4.78 is 11.8. The van der Waals surface area contributed by atoms with Gasteiger partial charge >= 0.3 is 0 Å². The maximum atomic E-state index is 6.70. The number of hydrogen-bond donors (Lipinski definition) is 1. The van der Waals surface area contributed by atoms with Crippen LogP contribution in [0.4, 0.5) is 0 Å². The fourth-order valence-corrected chi connectivity index (χ4v) is 3.54. The van der Waals surface area contributed by atoms with Crippen molar-refractivity contribution in [3.05, 3.63) is 29.3 Å². The quantitative estimate of drug-likeness (QED) is 0.829. The van der Waals surface area contributed by atoms with Gasteiger partial charge in [-0.25, -0.2) is 0 Å². The summed E-state index contributed by atoms with van der Waals surface area (Å²) in [6, 6.07) is 6.09. The molecule has 0 heterocycles. The third-order valence-corrected chi connectivity index (χ3v) is 4.67. The molecule has 2 N–H and O–H groups in total. The molecule has 1 aliphatic rings. The smallest absolute Gasteiger partial charge is 0.123 e. The lowest BCUT2D eigenvalue weighted by Gasteiger charge is -2.39. The van der Waals surface area contributed by atoms with Crippen LogP contribution in [-0.4, -0.2) is 19.3 Å². The SMILES string of the molecule is CCOC1(C(N)c2cc(C)ccc2OC)CCCCCC1. The van der Waals surface area contributed by atoms with Crippen LogP contribution in [0.3, 0.4) is 0 Å². The summed E-state index contributed by atoms with van der Waals surface area (Å²) in [7, 11) is 1.71. The van der Waals surface area contributed by atoms with E-state index in [9.17, 15) is 0 Å². The normalized spacial score (nSPS) is 19.8. The number of hydrogen-bond acceptors (Lipinski definition) is 3. The second-order valence-electron chi connectivity index (χ2n) is 6.14. The van der Waals surface area contributed by atoms with Crippen LogP contribution in [-0.2, 0) is 4.74 Å². The molecule has 1 aromatic rings. The lowest BCUT2D eigenvalue weighted by atomic mass is 9.82. The van der Waals surface area contributed by atoms with E-state index in [-0.39, 0.29) is 11.6 Å². The predicted molar refractivity (Wildman–Crippen MR) is 86.7 cm³/mol. The molecule has 1 aromatic carbocycles. The van der Waals surface area contributed by atoms with Crippen molar-refractivity contribution < 1.29 is 9.47 Å². The number of ether oxygens (including phenoxy) is 2. The second kappa shape index (κ2) is 7.28. The standard InChI is InChI=1S/C18H29NO2/c1-4-21-18(11-7-5-6-8-12-18)17(19)15-13-14(2)9-10-16(15)20-3/h9-10,13,17H,4-8,11-12,19H2,1-3H3. The van der Waals surface area contributed by atoms with Crippen LogP contribution in [0, 0.1) is 6.92 Å². The Morgan fingerprint density at radius 3 is 2.43 bits per heavy atom. The van der Waals surface area contributed by atoms with E-state index in [4.69, 9.17) is 15.2 Å². The number of aryl methyl sites for hydroxylation is 1. The Kier molecular flexibility index (Phi) is 5.65. The average Bonchev–Trinajstić information content (AvgIpc) is 2.73. The molecule has 0 aromatic heterocycles. The second-order valence-corrected chi connectivity index (χ2v) is 6.14. The van der Waals surface area contributed by atoms with Crippen molar-refractivity contribution in [1.82, 2.24) is 0 Å². The fourth-order valence-electron chi connectivity index (χ4n) is 3.54. The molecular formula is C18H29NO2. The molecule has 0 spiro atoms. The molecule has 0 bridgehead atoms. The molecule has 1 fully saturated rings. The number of benzene rings is 1. The van der Waals surface area contributed by atoms with Crippen LogP contribution in [0.1, 0.15) is 62.6 Å². The summed E-state index contributed by atoms with van der Waals surface area (Å²) in [5.41, 5.74) is 8.74. The van der Waals surface area contributed by atoms with Gasteiger partial charge < -0.3 is 15.2 Å². The molecule has 2 rings (SSSR count). The van der Waals surface area contributed by atoms with Gasteiger partial charge in [0.25, 0.3) is 0 Å². The van der Waals surface area contributed by atoms with E-state index in [1.807, 2.05) is 6.07 Å². The summed E-state index contributed by atoms with van der Waals surface area (Å²) in [4.78, 5) is 0. The van der Waals surface area contributed by atoms with Crippen LogP contribution < -0.4 is 10.5 Å². The topological polar surface area (TPSA) is 44.5 Å². The third kappa shape index (κ3) is 3.58. The van der Waals surface area contributed by atoms with E-state index in [1.54, 1.807) is 7.11 Å². The molecule has 1 unspecified atom stereocenters. The summed E-state index contributed by atoms with van der Waals surface area (Å²) in [6.45, 7) is 4.87. The monoisotopic (exact) mass is 291 g/mol. The highest BCUT2D eigenvalue weighted by atomic mass is 16.5. The van der Waals surface area contributed by atoms with Crippen LogP contribution in [0.2, 0.25) is 0 Å². The van der Waals surface area contributed by atoms with Gasteiger partial charge in [0.2, 0.25) is 0 Å². The van der Waals surface area contributed by atoms with Gasteiger partial charge in [-0.1, -0.05) is 43.4 Å². The number of methoxy groups -OCH3 is 1. The zero-order valence-corrected chi connectivity index (χ0v) is 13.7. The average molecular weight is 291 g/mol. The van der Waals surface area contributed by atoms with Gasteiger partial charge in [-0.3, -0.25) is 0 Å². The van der Waals surface area contributed by atoms with Crippen molar-refractivity contribution >= 4 is 0 Å². The van der Waals surface area contributed by atoms with Crippen molar-refractivity contribution in [1.29, 1.82) is 0 Å². The van der Waals surface area contributed by atoms with E-state index >= 15 is 0 Å². The lowest BCUT2D eigenvalue weighted by Crippen LogP contribution is -2.43. The molecule has 3 heteroatoms.